The Morgan fingerprint density at radius 2 is 1.93 bits per heavy atom. The highest BCUT2D eigenvalue weighted by Crippen LogP contribution is 2.44. The Bertz CT molecular complexity index is 352. The van der Waals surface area contributed by atoms with Gasteiger partial charge in [0.15, 0.2) is 0 Å². The van der Waals surface area contributed by atoms with Gasteiger partial charge in [0, 0.05) is 0 Å². The first kappa shape index (κ1) is 10.0. The van der Waals surface area contributed by atoms with Crippen LogP contribution in [0.4, 0.5) is 0 Å². The number of benzene rings is 1. The minimum atomic E-state index is -0.750. The van der Waals surface area contributed by atoms with Gasteiger partial charge in [0.1, 0.15) is 5.75 Å². The summed E-state index contributed by atoms with van der Waals surface area (Å²) in [5, 5.41) is 18.0. The summed E-state index contributed by atoms with van der Waals surface area (Å²) in [5.74, 6) is 0.109. The molecular weight excluding hydrogens is 192 g/mol. The van der Waals surface area contributed by atoms with Crippen molar-refractivity contribution in [1.29, 1.82) is 0 Å². The Kier molecular flexibility index (Phi) is 2.62. The molecule has 0 unspecified atom stereocenters. The number of hydrogen-bond acceptors (Lipinski definition) is 2. The van der Waals surface area contributed by atoms with Crippen LogP contribution in [-0.4, -0.2) is 16.2 Å². The topological polar surface area (TPSA) is 57.5 Å². The van der Waals surface area contributed by atoms with Crippen LogP contribution < -0.4 is 0 Å². The Labute approximate surface area is 88.4 Å². The van der Waals surface area contributed by atoms with E-state index in [1.165, 1.54) is 0 Å². The summed E-state index contributed by atoms with van der Waals surface area (Å²) >= 11 is 0. The van der Waals surface area contributed by atoms with E-state index < -0.39 is 5.97 Å². The van der Waals surface area contributed by atoms with E-state index in [1.54, 1.807) is 12.1 Å². The van der Waals surface area contributed by atoms with E-state index in [2.05, 4.69) is 0 Å². The van der Waals surface area contributed by atoms with Crippen molar-refractivity contribution in [3.05, 3.63) is 29.8 Å². The van der Waals surface area contributed by atoms with Crippen LogP contribution in [0.25, 0.3) is 0 Å². The molecule has 1 saturated carbocycles. The number of carboxylic acids is 1. The van der Waals surface area contributed by atoms with E-state index in [4.69, 9.17) is 10.2 Å². The molecule has 3 heteroatoms. The molecule has 1 fully saturated rings. The largest absolute Gasteiger partial charge is 0.508 e. The normalized spacial score (nSPS) is 17.3. The molecule has 80 valence electrons. The molecule has 1 aromatic carbocycles. The van der Waals surface area contributed by atoms with Gasteiger partial charge in [-0.3, -0.25) is 4.79 Å². The van der Waals surface area contributed by atoms with Gasteiger partial charge < -0.3 is 10.2 Å². The molecule has 1 aliphatic rings. The first-order chi connectivity index (χ1) is 7.16. The number of aliphatic carboxylic acids is 1. The van der Waals surface area contributed by atoms with Crippen LogP contribution in [0.5, 0.6) is 5.75 Å². The van der Waals surface area contributed by atoms with E-state index in [0.29, 0.717) is 5.92 Å². The average molecular weight is 206 g/mol. The zero-order valence-electron chi connectivity index (χ0n) is 8.39. The number of carbonyl (C=O) groups is 1. The summed E-state index contributed by atoms with van der Waals surface area (Å²) in [4.78, 5) is 10.7. The maximum Gasteiger partial charge on any atom is 0.303 e. The highest BCUT2D eigenvalue weighted by molar-refractivity contribution is 5.68. The van der Waals surface area contributed by atoms with Crippen molar-refractivity contribution in [1.82, 2.24) is 0 Å². The lowest BCUT2D eigenvalue weighted by Crippen LogP contribution is -2.08. The van der Waals surface area contributed by atoms with Crippen LogP contribution in [-0.2, 0) is 4.79 Å². The Hall–Kier alpha value is -1.51. The van der Waals surface area contributed by atoms with Crippen molar-refractivity contribution in [3.63, 3.8) is 0 Å². The number of rotatable bonds is 4. The van der Waals surface area contributed by atoms with Gasteiger partial charge in [0.2, 0.25) is 0 Å². The number of phenols is 1. The second-order valence-electron chi connectivity index (χ2n) is 4.13. The van der Waals surface area contributed by atoms with Gasteiger partial charge in [0.05, 0.1) is 6.42 Å². The SMILES string of the molecule is O=C(O)C[C@@H](c1ccc(O)cc1)C1CC1. The Morgan fingerprint density at radius 1 is 1.33 bits per heavy atom. The minimum Gasteiger partial charge on any atom is -0.508 e. The summed E-state index contributed by atoms with van der Waals surface area (Å²) in [6.45, 7) is 0. The molecule has 1 atom stereocenters. The summed E-state index contributed by atoms with van der Waals surface area (Å²) in [7, 11) is 0. The van der Waals surface area contributed by atoms with E-state index in [0.717, 1.165) is 18.4 Å². The summed E-state index contributed by atoms with van der Waals surface area (Å²) in [6, 6.07) is 6.88. The number of hydrogen-bond donors (Lipinski definition) is 2. The van der Waals surface area contributed by atoms with Crippen LogP contribution in [0.15, 0.2) is 24.3 Å². The maximum atomic E-state index is 10.7. The summed E-state index contributed by atoms with van der Waals surface area (Å²) < 4.78 is 0. The van der Waals surface area contributed by atoms with Crippen LogP contribution in [0.2, 0.25) is 0 Å². The molecule has 0 bridgehead atoms. The highest BCUT2D eigenvalue weighted by atomic mass is 16.4. The van der Waals surface area contributed by atoms with Crippen LogP contribution >= 0.6 is 0 Å². The van der Waals surface area contributed by atoms with Crippen molar-refractivity contribution in [3.8, 4) is 5.75 Å². The molecule has 2 rings (SSSR count). The molecule has 0 radical (unpaired) electrons. The molecule has 15 heavy (non-hydrogen) atoms. The second-order valence-corrected chi connectivity index (χ2v) is 4.13. The molecule has 1 aromatic rings. The molecule has 0 amide bonds. The van der Waals surface area contributed by atoms with E-state index in [-0.39, 0.29) is 18.1 Å². The van der Waals surface area contributed by atoms with Gasteiger partial charge in [-0.2, -0.15) is 0 Å². The number of phenolic OH excluding ortho intramolecular Hbond substituents is 1. The fourth-order valence-electron chi connectivity index (χ4n) is 1.96. The zero-order chi connectivity index (χ0) is 10.8. The summed E-state index contributed by atoms with van der Waals surface area (Å²) in [5.41, 5.74) is 1.03. The van der Waals surface area contributed by atoms with Crippen molar-refractivity contribution >= 4 is 5.97 Å². The van der Waals surface area contributed by atoms with Crippen molar-refractivity contribution in [2.75, 3.05) is 0 Å². The fraction of sp³-hybridized carbons (Fsp3) is 0.417. The number of aromatic hydroxyl groups is 1. The molecule has 0 aromatic heterocycles. The predicted octanol–water partition coefficient (Wildman–Crippen LogP) is 2.36. The molecule has 0 saturated heterocycles. The predicted molar refractivity (Wildman–Crippen MR) is 55.8 cm³/mol. The standard InChI is InChI=1S/C12H14O3/c13-10-5-3-9(4-6-10)11(7-12(14)15)8-1-2-8/h3-6,8,11,13H,1-2,7H2,(H,14,15)/t11-/m1/s1. The van der Waals surface area contributed by atoms with Gasteiger partial charge in [-0.1, -0.05) is 12.1 Å². The maximum absolute atomic E-state index is 10.7. The van der Waals surface area contributed by atoms with Gasteiger partial charge in [0.25, 0.3) is 0 Å². The molecule has 0 heterocycles. The third-order valence-electron chi connectivity index (χ3n) is 2.91. The van der Waals surface area contributed by atoms with E-state index in [1.807, 2.05) is 12.1 Å². The Morgan fingerprint density at radius 3 is 2.40 bits per heavy atom. The van der Waals surface area contributed by atoms with Gasteiger partial charge >= 0.3 is 5.97 Å². The van der Waals surface area contributed by atoms with Gasteiger partial charge in [-0.25, -0.2) is 0 Å². The average Bonchev–Trinajstić information content (AvgIpc) is 2.99. The third-order valence-corrected chi connectivity index (χ3v) is 2.91. The Balaban J connectivity index is 2.16. The quantitative estimate of drug-likeness (QED) is 0.795. The van der Waals surface area contributed by atoms with Crippen LogP contribution in [0.3, 0.4) is 0 Å². The van der Waals surface area contributed by atoms with Gasteiger partial charge in [-0.15, -0.1) is 0 Å². The first-order valence-corrected chi connectivity index (χ1v) is 5.17. The molecule has 2 N–H and O–H groups in total. The third kappa shape index (κ3) is 2.49. The second kappa shape index (κ2) is 3.93. The van der Waals surface area contributed by atoms with E-state index in [9.17, 15) is 4.79 Å². The molecule has 3 nitrogen and oxygen atoms in total. The van der Waals surface area contributed by atoms with E-state index >= 15 is 0 Å². The van der Waals surface area contributed by atoms with Crippen molar-refractivity contribution in [2.24, 2.45) is 5.92 Å². The van der Waals surface area contributed by atoms with Crippen LogP contribution in [0.1, 0.15) is 30.7 Å². The van der Waals surface area contributed by atoms with Gasteiger partial charge in [-0.05, 0) is 42.4 Å². The molecule has 0 spiro atoms. The smallest absolute Gasteiger partial charge is 0.303 e. The lowest BCUT2D eigenvalue weighted by atomic mass is 9.91. The summed E-state index contributed by atoms with van der Waals surface area (Å²) in [6.07, 6.45) is 2.44. The van der Waals surface area contributed by atoms with Crippen molar-refractivity contribution in [2.45, 2.75) is 25.2 Å². The molecular formula is C12H14O3. The molecule has 0 aliphatic heterocycles. The zero-order valence-corrected chi connectivity index (χ0v) is 8.39. The monoisotopic (exact) mass is 206 g/mol. The highest BCUT2D eigenvalue weighted by Gasteiger charge is 2.33. The fourth-order valence-corrected chi connectivity index (χ4v) is 1.96. The molecule has 1 aliphatic carbocycles. The first-order valence-electron chi connectivity index (χ1n) is 5.17. The van der Waals surface area contributed by atoms with Crippen molar-refractivity contribution < 1.29 is 15.0 Å². The van der Waals surface area contributed by atoms with Crippen LogP contribution in [0, 0.1) is 5.92 Å². The lowest BCUT2D eigenvalue weighted by Gasteiger charge is -2.14. The minimum absolute atomic E-state index is 0.114. The number of carboxylic acid groups (broad SMARTS) is 1. The lowest BCUT2D eigenvalue weighted by molar-refractivity contribution is -0.137.